The van der Waals surface area contributed by atoms with Crippen LogP contribution in [0.1, 0.15) is 56.0 Å². The lowest BCUT2D eigenvalue weighted by atomic mass is 9.86. The van der Waals surface area contributed by atoms with E-state index in [9.17, 15) is 8.42 Å². The topological polar surface area (TPSA) is 101 Å². The Hall–Kier alpha value is -1.74. The van der Waals surface area contributed by atoms with E-state index in [0.29, 0.717) is 5.92 Å². The van der Waals surface area contributed by atoms with Crippen molar-refractivity contribution >= 4 is 21.5 Å². The highest BCUT2D eigenvalue weighted by Gasteiger charge is 2.38. The van der Waals surface area contributed by atoms with E-state index >= 15 is 0 Å². The van der Waals surface area contributed by atoms with Gasteiger partial charge in [0, 0.05) is 24.9 Å². The smallest absolute Gasteiger partial charge is 0.214 e. The molecule has 134 valence electrons. The standard InChI is InChI=1S/C16H22N6O2S/c23-25(24,12-5-6-12)21-11-3-1-10(2-4-11)16-20-19-14-9-18-15-13(22(14)16)7-8-17-15/h9-12,17,21H,1-8H2. The van der Waals surface area contributed by atoms with Crippen molar-refractivity contribution in [1.82, 2.24) is 24.3 Å². The normalized spacial score (nSPS) is 26.6. The molecule has 2 N–H and O–H groups in total. The number of nitrogens with zero attached hydrogens (tertiary/aromatic N) is 4. The molecule has 0 spiro atoms. The summed E-state index contributed by atoms with van der Waals surface area (Å²) in [4.78, 5) is 4.41. The summed E-state index contributed by atoms with van der Waals surface area (Å²) >= 11 is 0. The summed E-state index contributed by atoms with van der Waals surface area (Å²) in [5.74, 6) is 2.25. The van der Waals surface area contributed by atoms with Crippen LogP contribution in [0.15, 0.2) is 6.20 Å². The summed E-state index contributed by atoms with van der Waals surface area (Å²) in [6.07, 6.45) is 7.90. The molecule has 2 aromatic rings. The lowest BCUT2D eigenvalue weighted by Crippen LogP contribution is -2.39. The van der Waals surface area contributed by atoms with Gasteiger partial charge in [-0.3, -0.25) is 4.40 Å². The summed E-state index contributed by atoms with van der Waals surface area (Å²) in [7, 11) is -3.10. The van der Waals surface area contributed by atoms with Gasteiger partial charge in [0.15, 0.2) is 5.65 Å². The Labute approximate surface area is 146 Å². The van der Waals surface area contributed by atoms with Gasteiger partial charge in [0.25, 0.3) is 0 Å². The quantitative estimate of drug-likeness (QED) is 0.847. The first-order valence-corrected chi connectivity index (χ1v) is 10.6. The maximum atomic E-state index is 12.1. The minimum Gasteiger partial charge on any atom is -0.368 e. The van der Waals surface area contributed by atoms with Gasteiger partial charge in [-0.25, -0.2) is 18.1 Å². The van der Waals surface area contributed by atoms with E-state index in [4.69, 9.17) is 0 Å². The first-order valence-electron chi connectivity index (χ1n) is 9.10. The lowest BCUT2D eigenvalue weighted by Gasteiger charge is -2.28. The maximum Gasteiger partial charge on any atom is 0.214 e. The Morgan fingerprint density at radius 2 is 1.92 bits per heavy atom. The first kappa shape index (κ1) is 15.5. The largest absolute Gasteiger partial charge is 0.368 e. The summed E-state index contributed by atoms with van der Waals surface area (Å²) in [5.41, 5.74) is 1.96. The van der Waals surface area contributed by atoms with Crippen LogP contribution in [0.4, 0.5) is 5.82 Å². The fourth-order valence-electron chi connectivity index (χ4n) is 4.09. The van der Waals surface area contributed by atoms with Crippen LogP contribution >= 0.6 is 0 Å². The number of nitrogens with one attached hydrogen (secondary N) is 2. The Bertz CT molecular complexity index is 912. The van der Waals surface area contributed by atoms with Crippen molar-refractivity contribution in [1.29, 1.82) is 0 Å². The fraction of sp³-hybridized carbons (Fsp3) is 0.688. The lowest BCUT2D eigenvalue weighted by molar-refractivity contribution is 0.363. The third kappa shape index (κ3) is 2.69. The van der Waals surface area contributed by atoms with Crippen molar-refractivity contribution in [3.8, 4) is 0 Å². The van der Waals surface area contributed by atoms with Crippen LogP contribution in [0.3, 0.4) is 0 Å². The van der Waals surface area contributed by atoms with Crippen LogP contribution in [-0.4, -0.2) is 45.8 Å². The highest BCUT2D eigenvalue weighted by molar-refractivity contribution is 7.90. The minimum atomic E-state index is -3.10. The molecule has 0 saturated heterocycles. The maximum absolute atomic E-state index is 12.1. The predicted molar refractivity (Wildman–Crippen MR) is 93.1 cm³/mol. The second-order valence-electron chi connectivity index (χ2n) is 7.39. The molecule has 2 fully saturated rings. The van der Waals surface area contributed by atoms with Crippen molar-refractivity contribution < 1.29 is 8.42 Å². The van der Waals surface area contributed by atoms with Gasteiger partial charge < -0.3 is 5.32 Å². The van der Waals surface area contributed by atoms with Gasteiger partial charge >= 0.3 is 0 Å². The fourth-order valence-corrected chi connectivity index (χ4v) is 5.74. The number of rotatable bonds is 4. The summed E-state index contributed by atoms with van der Waals surface area (Å²) in [6, 6.07) is 0.0649. The van der Waals surface area contributed by atoms with Crippen molar-refractivity contribution in [3.63, 3.8) is 0 Å². The van der Waals surface area contributed by atoms with Crippen molar-refractivity contribution in [2.45, 2.75) is 62.2 Å². The number of aromatic nitrogens is 4. The molecule has 2 aromatic heterocycles. The second kappa shape index (κ2) is 5.63. The molecule has 1 aliphatic heterocycles. The molecule has 0 amide bonds. The van der Waals surface area contributed by atoms with Crippen molar-refractivity contribution in [3.05, 3.63) is 17.7 Å². The Morgan fingerprint density at radius 1 is 1.12 bits per heavy atom. The first-order chi connectivity index (χ1) is 12.1. The van der Waals surface area contributed by atoms with E-state index in [1.54, 1.807) is 6.20 Å². The molecular weight excluding hydrogens is 340 g/mol. The van der Waals surface area contributed by atoms with E-state index in [1.807, 2.05) is 0 Å². The van der Waals surface area contributed by atoms with Gasteiger partial charge in [-0.15, -0.1) is 10.2 Å². The molecule has 0 bridgehead atoms. The summed E-state index contributed by atoms with van der Waals surface area (Å²) in [6.45, 7) is 0.898. The number of fused-ring (bicyclic) bond motifs is 3. The Kier molecular flexibility index (Phi) is 3.50. The SMILES string of the molecule is O=S(=O)(NC1CCC(c2nnc3cnc4c(n23)CCN4)CC1)C1CC1. The number of sulfonamides is 1. The van der Waals surface area contributed by atoms with Gasteiger partial charge in [-0.2, -0.15) is 0 Å². The van der Waals surface area contributed by atoms with Crippen LogP contribution in [0.5, 0.6) is 0 Å². The van der Waals surface area contributed by atoms with E-state index < -0.39 is 10.0 Å². The van der Waals surface area contributed by atoms with Gasteiger partial charge in [0.1, 0.15) is 11.6 Å². The monoisotopic (exact) mass is 362 g/mol. The molecule has 3 heterocycles. The molecular formula is C16H22N6O2S. The van der Waals surface area contributed by atoms with Crippen molar-refractivity contribution in [2.24, 2.45) is 0 Å². The van der Waals surface area contributed by atoms with Crippen LogP contribution in [0.25, 0.3) is 5.65 Å². The molecule has 25 heavy (non-hydrogen) atoms. The molecule has 9 heteroatoms. The van der Waals surface area contributed by atoms with Crippen LogP contribution in [-0.2, 0) is 16.4 Å². The molecule has 3 aliphatic rings. The van der Waals surface area contributed by atoms with E-state index in [-0.39, 0.29) is 11.3 Å². The zero-order valence-electron chi connectivity index (χ0n) is 14.0. The van der Waals surface area contributed by atoms with Crippen LogP contribution < -0.4 is 10.0 Å². The Morgan fingerprint density at radius 3 is 2.68 bits per heavy atom. The van der Waals surface area contributed by atoms with Gasteiger partial charge in [0.2, 0.25) is 10.0 Å². The number of hydrogen-bond donors (Lipinski definition) is 2. The van der Waals surface area contributed by atoms with Gasteiger partial charge in [-0.1, -0.05) is 0 Å². The average Bonchev–Trinajstić information content (AvgIpc) is 3.22. The third-order valence-electron chi connectivity index (χ3n) is 5.61. The summed E-state index contributed by atoms with van der Waals surface area (Å²) in [5, 5.41) is 11.9. The van der Waals surface area contributed by atoms with E-state index in [1.165, 1.54) is 0 Å². The molecule has 0 atom stereocenters. The second-order valence-corrected chi connectivity index (χ2v) is 9.39. The minimum absolute atomic E-state index is 0.0649. The average molecular weight is 362 g/mol. The number of hydrogen-bond acceptors (Lipinski definition) is 6. The number of anilines is 1. The molecule has 2 aliphatic carbocycles. The zero-order valence-corrected chi connectivity index (χ0v) is 14.8. The molecule has 0 aromatic carbocycles. The molecule has 0 unspecified atom stereocenters. The molecule has 5 rings (SSSR count). The van der Waals surface area contributed by atoms with Gasteiger partial charge in [0.05, 0.1) is 17.1 Å². The predicted octanol–water partition coefficient (Wildman–Crippen LogP) is 1.20. The zero-order chi connectivity index (χ0) is 17.0. The highest BCUT2D eigenvalue weighted by atomic mass is 32.2. The van der Waals surface area contributed by atoms with Crippen molar-refractivity contribution in [2.75, 3.05) is 11.9 Å². The highest BCUT2D eigenvalue weighted by Crippen LogP contribution is 2.35. The van der Waals surface area contributed by atoms with Crippen LogP contribution in [0, 0.1) is 0 Å². The van der Waals surface area contributed by atoms with E-state index in [2.05, 4.69) is 29.6 Å². The molecule has 2 saturated carbocycles. The third-order valence-corrected chi connectivity index (χ3v) is 7.62. The molecule has 8 nitrogen and oxygen atoms in total. The molecule has 0 radical (unpaired) electrons. The van der Waals surface area contributed by atoms with E-state index in [0.717, 1.165) is 74.5 Å². The Balaban J connectivity index is 1.34. The van der Waals surface area contributed by atoms with Crippen LogP contribution in [0.2, 0.25) is 0 Å². The summed E-state index contributed by atoms with van der Waals surface area (Å²) < 4.78 is 29.3. The van der Waals surface area contributed by atoms with Gasteiger partial charge in [-0.05, 0) is 38.5 Å².